The Kier molecular flexibility index (Phi) is 5.20. The Morgan fingerprint density at radius 1 is 1.22 bits per heavy atom. The van der Waals surface area contributed by atoms with E-state index < -0.39 is 11.7 Å². The second kappa shape index (κ2) is 6.95. The maximum atomic E-state index is 14.0. The highest BCUT2D eigenvalue weighted by Crippen LogP contribution is 2.26. The van der Waals surface area contributed by atoms with Crippen LogP contribution in [0.3, 0.4) is 0 Å². The van der Waals surface area contributed by atoms with Gasteiger partial charge in [-0.1, -0.05) is 22.0 Å². The van der Waals surface area contributed by atoms with Crippen LogP contribution in [0.5, 0.6) is 0 Å². The molecule has 1 amide bonds. The average Bonchev–Trinajstić information content (AvgIpc) is 2.43. The van der Waals surface area contributed by atoms with Crippen molar-refractivity contribution < 1.29 is 13.6 Å². The molecule has 0 radical (unpaired) electrons. The number of carbonyl (C=O) groups is 1. The highest BCUT2D eigenvalue weighted by Gasteiger charge is 2.15. The van der Waals surface area contributed by atoms with Crippen LogP contribution in [-0.2, 0) is 6.54 Å². The maximum absolute atomic E-state index is 14.0. The number of anilines is 2. The van der Waals surface area contributed by atoms with Crippen LogP contribution in [0.1, 0.15) is 15.9 Å². The highest BCUT2D eigenvalue weighted by molar-refractivity contribution is 9.10. The Labute approximate surface area is 141 Å². The Morgan fingerprint density at radius 3 is 2.48 bits per heavy atom. The Bertz CT molecular complexity index is 750. The third kappa shape index (κ3) is 3.98. The number of hydrogen-bond acceptors (Lipinski definition) is 3. The van der Waals surface area contributed by atoms with Gasteiger partial charge in [-0.05, 0) is 29.8 Å². The van der Waals surface area contributed by atoms with Gasteiger partial charge in [0.1, 0.15) is 11.6 Å². The predicted octanol–water partition coefficient (Wildman–Crippen LogP) is 3.50. The van der Waals surface area contributed by atoms with Crippen LogP contribution < -0.4 is 16.0 Å². The normalized spacial score (nSPS) is 10.5. The Hall–Kier alpha value is -2.15. The standard InChI is InChI=1S/C16H16BrF2N3O/c1-22(2)14-4-3-9(5-11(14)18)8-21-13-7-10(17)6-12(19)15(13)16(20)23/h3-7,21H,8H2,1-2H3,(H2,20,23). The van der Waals surface area contributed by atoms with Crippen molar-refractivity contribution in [1.82, 2.24) is 0 Å². The van der Waals surface area contributed by atoms with Crippen molar-refractivity contribution in [2.24, 2.45) is 5.73 Å². The molecule has 7 heteroatoms. The van der Waals surface area contributed by atoms with Crippen LogP contribution in [0.4, 0.5) is 20.2 Å². The van der Waals surface area contributed by atoms with Crippen molar-refractivity contribution in [2.75, 3.05) is 24.3 Å². The molecule has 0 atom stereocenters. The molecule has 0 heterocycles. The molecular weight excluding hydrogens is 368 g/mol. The largest absolute Gasteiger partial charge is 0.380 e. The van der Waals surface area contributed by atoms with E-state index in [4.69, 9.17) is 5.73 Å². The summed E-state index contributed by atoms with van der Waals surface area (Å²) in [6.07, 6.45) is 0. The summed E-state index contributed by atoms with van der Waals surface area (Å²) in [5.74, 6) is -1.94. The van der Waals surface area contributed by atoms with Crippen molar-refractivity contribution in [3.8, 4) is 0 Å². The van der Waals surface area contributed by atoms with Crippen LogP contribution in [0, 0.1) is 11.6 Å². The number of nitrogens with zero attached hydrogens (tertiary/aromatic N) is 1. The van der Waals surface area contributed by atoms with Gasteiger partial charge >= 0.3 is 0 Å². The van der Waals surface area contributed by atoms with E-state index >= 15 is 0 Å². The fraction of sp³-hybridized carbons (Fsp3) is 0.188. The molecule has 0 aliphatic rings. The smallest absolute Gasteiger partial charge is 0.253 e. The molecule has 23 heavy (non-hydrogen) atoms. The summed E-state index contributed by atoms with van der Waals surface area (Å²) in [5, 5.41) is 2.92. The van der Waals surface area contributed by atoms with Gasteiger partial charge in [0, 0.05) is 25.1 Å². The van der Waals surface area contributed by atoms with E-state index in [0.717, 1.165) is 6.07 Å². The fourth-order valence-electron chi connectivity index (χ4n) is 2.18. The minimum atomic E-state index is -0.869. The summed E-state index contributed by atoms with van der Waals surface area (Å²) >= 11 is 3.16. The molecule has 2 aromatic carbocycles. The van der Waals surface area contributed by atoms with Gasteiger partial charge in [0.05, 0.1) is 16.9 Å². The molecule has 0 fully saturated rings. The van der Waals surface area contributed by atoms with Crippen LogP contribution in [-0.4, -0.2) is 20.0 Å². The van der Waals surface area contributed by atoms with E-state index in [9.17, 15) is 13.6 Å². The SMILES string of the molecule is CN(C)c1ccc(CNc2cc(Br)cc(F)c2C(N)=O)cc1F. The second-order valence-electron chi connectivity index (χ2n) is 5.21. The number of rotatable bonds is 5. The molecule has 122 valence electrons. The lowest BCUT2D eigenvalue weighted by Gasteiger charge is -2.15. The van der Waals surface area contributed by atoms with Gasteiger partial charge in [-0.2, -0.15) is 0 Å². The topological polar surface area (TPSA) is 58.4 Å². The number of primary amides is 1. The molecule has 0 unspecified atom stereocenters. The molecule has 0 aliphatic carbocycles. The Morgan fingerprint density at radius 2 is 1.91 bits per heavy atom. The summed E-state index contributed by atoms with van der Waals surface area (Å²) in [6, 6.07) is 7.51. The van der Waals surface area contributed by atoms with Crippen molar-refractivity contribution in [1.29, 1.82) is 0 Å². The van der Waals surface area contributed by atoms with Crippen LogP contribution >= 0.6 is 15.9 Å². The second-order valence-corrected chi connectivity index (χ2v) is 6.12. The van der Waals surface area contributed by atoms with Crippen molar-refractivity contribution in [3.63, 3.8) is 0 Å². The molecule has 0 saturated heterocycles. The molecule has 3 N–H and O–H groups in total. The minimum Gasteiger partial charge on any atom is -0.380 e. The third-order valence-electron chi connectivity index (χ3n) is 3.28. The first-order valence-corrected chi connectivity index (χ1v) is 7.57. The van der Waals surface area contributed by atoms with Gasteiger partial charge in [0.2, 0.25) is 0 Å². The summed E-state index contributed by atoms with van der Waals surface area (Å²) < 4.78 is 28.3. The predicted molar refractivity (Wildman–Crippen MR) is 90.7 cm³/mol. The quantitative estimate of drug-likeness (QED) is 0.830. The van der Waals surface area contributed by atoms with E-state index in [1.54, 1.807) is 37.2 Å². The van der Waals surface area contributed by atoms with Gasteiger partial charge in [0.25, 0.3) is 5.91 Å². The zero-order chi connectivity index (χ0) is 17.1. The van der Waals surface area contributed by atoms with E-state index in [1.807, 2.05) is 0 Å². The molecule has 0 saturated carbocycles. The zero-order valence-corrected chi connectivity index (χ0v) is 14.2. The van der Waals surface area contributed by atoms with Gasteiger partial charge in [-0.3, -0.25) is 4.79 Å². The van der Waals surface area contributed by atoms with Gasteiger partial charge < -0.3 is 16.0 Å². The first-order valence-electron chi connectivity index (χ1n) is 6.78. The van der Waals surface area contributed by atoms with Crippen molar-refractivity contribution >= 4 is 33.2 Å². The van der Waals surface area contributed by atoms with E-state index in [1.165, 1.54) is 6.07 Å². The molecule has 0 aliphatic heterocycles. The van der Waals surface area contributed by atoms with E-state index in [2.05, 4.69) is 21.2 Å². The minimum absolute atomic E-state index is 0.223. The van der Waals surface area contributed by atoms with E-state index in [0.29, 0.717) is 15.7 Å². The molecule has 2 aromatic rings. The summed E-state index contributed by atoms with van der Waals surface area (Å²) in [6.45, 7) is 0.223. The summed E-state index contributed by atoms with van der Waals surface area (Å²) in [4.78, 5) is 13.1. The lowest BCUT2D eigenvalue weighted by atomic mass is 10.1. The number of nitrogens with one attached hydrogen (secondary N) is 1. The van der Waals surface area contributed by atoms with Crippen molar-refractivity contribution in [2.45, 2.75) is 6.54 Å². The highest BCUT2D eigenvalue weighted by atomic mass is 79.9. The van der Waals surface area contributed by atoms with E-state index in [-0.39, 0.29) is 23.6 Å². The van der Waals surface area contributed by atoms with Crippen LogP contribution in [0.15, 0.2) is 34.8 Å². The summed E-state index contributed by atoms with van der Waals surface area (Å²) in [7, 11) is 3.50. The lowest BCUT2D eigenvalue weighted by molar-refractivity contribution is 0.0997. The first-order chi connectivity index (χ1) is 10.8. The van der Waals surface area contributed by atoms with Gasteiger partial charge in [0.15, 0.2) is 0 Å². The molecule has 2 rings (SSSR count). The monoisotopic (exact) mass is 383 g/mol. The average molecular weight is 384 g/mol. The number of carbonyl (C=O) groups excluding carboxylic acids is 1. The van der Waals surface area contributed by atoms with Gasteiger partial charge in [-0.15, -0.1) is 0 Å². The van der Waals surface area contributed by atoms with Gasteiger partial charge in [-0.25, -0.2) is 8.78 Å². The number of halogens is 3. The number of benzene rings is 2. The fourth-order valence-corrected chi connectivity index (χ4v) is 2.61. The van der Waals surface area contributed by atoms with Crippen LogP contribution in [0.25, 0.3) is 0 Å². The number of hydrogen-bond donors (Lipinski definition) is 2. The number of amides is 1. The molecular formula is C16H16BrF2N3O. The maximum Gasteiger partial charge on any atom is 0.253 e. The summed E-state index contributed by atoms with van der Waals surface area (Å²) in [5.41, 5.74) is 6.37. The lowest BCUT2D eigenvalue weighted by Crippen LogP contribution is -2.17. The molecule has 0 aromatic heterocycles. The van der Waals surface area contributed by atoms with Crippen molar-refractivity contribution in [3.05, 3.63) is 57.6 Å². The first kappa shape index (κ1) is 17.2. The third-order valence-corrected chi connectivity index (χ3v) is 3.74. The molecule has 4 nitrogen and oxygen atoms in total. The molecule has 0 bridgehead atoms. The zero-order valence-electron chi connectivity index (χ0n) is 12.7. The number of nitrogens with two attached hydrogens (primary N) is 1. The van der Waals surface area contributed by atoms with Crippen LogP contribution in [0.2, 0.25) is 0 Å². The Balaban J connectivity index is 2.24. The molecule has 0 spiro atoms.